The van der Waals surface area contributed by atoms with Crippen LogP contribution < -0.4 is 5.32 Å². The first-order chi connectivity index (χ1) is 9.10. The maximum absolute atomic E-state index is 6.19. The van der Waals surface area contributed by atoms with Crippen LogP contribution in [-0.4, -0.2) is 9.97 Å². The molecule has 100 valence electrons. The lowest BCUT2D eigenvalue weighted by molar-refractivity contribution is 0.854. The fraction of sp³-hybridized carbons (Fsp3) is 0.286. The van der Waals surface area contributed by atoms with E-state index in [-0.39, 0.29) is 6.04 Å². The fourth-order valence-electron chi connectivity index (χ4n) is 1.82. The summed E-state index contributed by atoms with van der Waals surface area (Å²) < 4.78 is 0.785. The number of aryl methyl sites for hydroxylation is 1. The molecule has 19 heavy (non-hydrogen) atoms. The lowest BCUT2D eigenvalue weighted by Crippen LogP contribution is -2.10. The molecule has 0 amide bonds. The van der Waals surface area contributed by atoms with Gasteiger partial charge >= 0.3 is 0 Å². The van der Waals surface area contributed by atoms with Crippen LogP contribution in [0.2, 0.25) is 5.02 Å². The van der Waals surface area contributed by atoms with E-state index in [1.54, 1.807) is 0 Å². The van der Waals surface area contributed by atoms with Gasteiger partial charge in [-0.05, 0) is 34.5 Å². The summed E-state index contributed by atoms with van der Waals surface area (Å²) >= 11 is 9.59. The van der Waals surface area contributed by atoms with Crippen molar-refractivity contribution < 1.29 is 0 Å². The van der Waals surface area contributed by atoms with E-state index >= 15 is 0 Å². The van der Waals surface area contributed by atoms with Crippen molar-refractivity contribution in [2.75, 3.05) is 5.32 Å². The van der Waals surface area contributed by atoms with Crippen LogP contribution in [0.25, 0.3) is 0 Å². The van der Waals surface area contributed by atoms with Gasteiger partial charge in [-0.3, -0.25) is 0 Å². The molecule has 0 bridgehead atoms. The lowest BCUT2D eigenvalue weighted by Gasteiger charge is -2.16. The van der Waals surface area contributed by atoms with Crippen LogP contribution in [0.4, 0.5) is 5.82 Å². The van der Waals surface area contributed by atoms with Gasteiger partial charge in [0, 0.05) is 17.5 Å². The number of hydrogen-bond donors (Lipinski definition) is 1. The van der Waals surface area contributed by atoms with E-state index in [2.05, 4.69) is 38.1 Å². The molecule has 1 N–H and O–H groups in total. The summed E-state index contributed by atoms with van der Waals surface area (Å²) in [6.45, 7) is 4.09. The molecule has 1 aromatic carbocycles. The molecular formula is C14H15BrClN3. The van der Waals surface area contributed by atoms with Gasteiger partial charge in [0.05, 0.1) is 6.04 Å². The van der Waals surface area contributed by atoms with Crippen molar-refractivity contribution >= 4 is 33.3 Å². The number of hydrogen-bond acceptors (Lipinski definition) is 3. The Kier molecular flexibility index (Phi) is 4.77. The van der Waals surface area contributed by atoms with Crippen molar-refractivity contribution in [3.8, 4) is 0 Å². The van der Waals surface area contributed by atoms with Crippen LogP contribution in [0, 0.1) is 0 Å². The van der Waals surface area contributed by atoms with Crippen molar-refractivity contribution in [2.24, 2.45) is 0 Å². The van der Waals surface area contributed by atoms with E-state index in [1.165, 1.54) is 0 Å². The maximum Gasteiger partial charge on any atom is 0.131 e. The number of nitrogens with one attached hydrogen (secondary N) is 1. The van der Waals surface area contributed by atoms with Crippen molar-refractivity contribution in [2.45, 2.75) is 26.3 Å². The summed E-state index contributed by atoms with van der Waals surface area (Å²) in [6.07, 6.45) is 0.800. The van der Waals surface area contributed by atoms with Crippen molar-refractivity contribution in [1.82, 2.24) is 9.97 Å². The summed E-state index contributed by atoms with van der Waals surface area (Å²) in [6, 6.07) is 9.76. The first-order valence-electron chi connectivity index (χ1n) is 6.14. The molecule has 0 aliphatic rings. The van der Waals surface area contributed by atoms with E-state index in [0.717, 1.165) is 33.3 Å². The average molecular weight is 341 g/mol. The molecule has 3 nitrogen and oxygen atoms in total. The Morgan fingerprint density at radius 3 is 2.74 bits per heavy atom. The van der Waals surface area contributed by atoms with Crippen molar-refractivity contribution in [3.05, 3.63) is 51.3 Å². The molecule has 0 radical (unpaired) electrons. The number of anilines is 1. The molecule has 2 rings (SSSR count). The second kappa shape index (κ2) is 6.35. The highest BCUT2D eigenvalue weighted by molar-refractivity contribution is 9.10. The van der Waals surface area contributed by atoms with Gasteiger partial charge in [-0.2, -0.15) is 0 Å². The summed E-state index contributed by atoms with van der Waals surface area (Å²) in [5.41, 5.74) is 1.05. The highest BCUT2D eigenvalue weighted by Gasteiger charge is 2.10. The number of rotatable bonds is 4. The molecule has 0 aliphatic heterocycles. The standard InChI is InChI=1S/C14H15BrClN3/c1-3-13-18-12(15)8-14(19-13)17-9(2)10-6-4-5-7-11(10)16/h4-9H,3H2,1-2H3,(H,17,18,19). The third-order valence-electron chi connectivity index (χ3n) is 2.79. The Bertz CT molecular complexity index is 574. The molecule has 5 heteroatoms. The molecule has 0 spiro atoms. The summed E-state index contributed by atoms with van der Waals surface area (Å²) in [7, 11) is 0. The second-order valence-corrected chi connectivity index (χ2v) is 5.45. The second-order valence-electron chi connectivity index (χ2n) is 4.23. The Hall–Kier alpha value is -1.13. The molecule has 0 saturated carbocycles. The zero-order valence-electron chi connectivity index (χ0n) is 10.8. The van der Waals surface area contributed by atoms with Crippen LogP contribution in [-0.2, 0) is 6.42 Å². The maximum atomic E-state index is 6.19. The molecule has 0 saturated heterocycles. The fourth-order valence-corrected chi connectivity index (χ4v) is 2.54. The molecule has 0 fully saturated rings. The van der Waals surface area contributed by atoms with Gasteiger partial charge < -0.3 is 5.32 Å². The summed E-state index contributed by atoms with van der Waals surface area (Å²) in [5, 5.41) is 4.10. The van der Waals surface area contributed by atoms with Crippen LogP contribution in [0.3, 0.4) is 0 Å². The number of halogens is 2. The normalized spacial score (nSPS) is 12.2. The Morgan fingerprint density at radius 1 is 1.32 bits per heavy atom. The van der Waals surface area contributed by atoms with E-state index in [1.807, 2.05) is 37.3 Å². The SMILES string of the molecule is CCc1nc(Br)cc(NC(C)c2ccccc2Cl)n1. The van der Waals surface area contributed by atoms with Gasteiger partial charge in [0.1, 0.15) is 16.2 Å². The van der Waals surface area contributed by atoms with Gasteiger partial charge in [0.25, 0.3) is 0 Å². The molecule has 1 heterocycles. The van der Waals surface area contributed by atoms with E-state index in [4.69, 9.17) is 11.6 Å². The third kappa shape index (κ3) is 3.67. The van der Waals surface area contributed by atoms with Gasteiger partial charge in [0.2, 0.25) is 0 Å². The van der Waals surface area contributed by atoms with E-state index in [0.29, 0.717) is 0 Å². The average Bonchev–Trinajstić information content (AvgIpc) is 2.38. The lowest BCUT2D eigenvalue weighted by atomic mass is 10.1. The Labute approximate surface area is 126 Å². The van der Waals surface area contributed by atoms with Crippen LogP contribution in [0.5, 0.6) is 0 Å². The zero-order valence-corrected chi connectivity index (χ0v) is 13.2. The predicted molar refractivity (Wildman–Crippen MR) is 82.6 cm³/mol. The highest BCUT2D eigenvalue weighted by atomic mass is 79.9. The molecular weight excluding hydrogens is 326 g/mol. The summed E-state index contributed by atoms with van der Waals surface area (Å²) in [5.74, 6) is 1.61. The Balaban J connectivity index is 2.21. The quantitative estimate of drug-likeness (QED) is 0.825. The monoisotopic (exact) mass is 339 g/mol. The van der Waals surface area contributed by atoms with Crippen LogP contribution >= 0.6 is 27.5 Å². The minimum Gasteiger partial charge on any atom is -0.363 e. The zero-order chi connectivity index (χ0) is 13.8. The van der Waals surface area contributed by atoms with Crippen molar-refractivity contribution in [3.63, 3.8) is 0 Å². The molecule has 1 unspecified atom stereocenters. The largest absolute Gasteiger partial charge is 0.363 e. The molecule has 2 aromatic rings. The molecule has 1 aromatic heterocycles. The minimum atomic E-state index is 0.0835. The van der Waals surface area contributed by atoms with Crippen LogP contribution in [0.15, 0.2) is 34.9 Å². The third-order valence-corrected chi connectivity index (χ3v) is 3.54. The van der Waals surface area contributed by atoms with Gasteiger partial charge in [-0.1, -0.05) is 36.7 Å². The van der Waals surface area contributed by atoms with E-state index in [9.17, 15) is 0 Å². The molecule has 1 atom stereocenters. The van der Waals surface area contributed by atoms with Gasteiger partial charge in [-0.15, -0.1) is 0 Å². The smallest absolute Gasteiger partial charge is 0.131 e. The topological polar surface area (TPSA) is 37.8 Å². The highest BCUT2D eigenvalue weighted by Crippen LogP contribution is 2.25. The summed E-state index contributed by atoms with van der Waals surface area (Å²) in [4.78, 5) is 8.74. The Morgan fingerprint density at radius 2 is 2.05 bits per heavy atom. The molecule has 0 aliphatic carbocycles. The van der Waals surface area contributed by atoms with Gasteiger partial charge in [0.15, 0.2) is 0 Å². The van der Waals surface area contributed by atoms with Crippen LogP contribution in [0.1, 0.15) is 31.3 Å². The van der Waals surface area contributed by atoms with Crippen molar-refractivity contribution in [1.29, 1.82) is 0 Å². The number of benzene rings is 1. The van der Waals surface area contributed by atoms with E-state index < -0.39 is 0 Å². The first-order valence-corrected chi connectivity index (χ1v) is 7.31. The predicted octanol–water partition coefficient (Wildman–Crippen LogP) is 4.63. The number of nitrogens with zero attached hydrogens (tertiary/aromatic N) is 2. The minimum absolute atomic E-state index is 0.0835. The number of aromatic nitrogens is 2. The van der Waals surface area contributed by atoms with Gasteiger partial charge in [-0.25, -0.2) is 9.97 Å². The first kappa shape index (κ1) is 14.3.